The van der Waals surface area contributed by atoms with Crippen molar-refractivity contribution in [3.8, 4) is 0 Å². The quantitative estimate of drug-likeness (QED) is 0.841. The van der Waals surface area contributed by atoms with Crippen molar-refractivity contribution < 1.29 is 14.3 Å². The summed E-state index contributed by atoms with van der Waals surface area (Å²) < 4.78 is 11.5. The van der Waals surface area contributed by atoms with Crippen LogP contribution >= 0.6 is 0 Å². The summed E-state index contributed by atoms with van der Waals surface area (Å²) in [5, 5.41) is 0. The number of carbonyl (C=O) groups is 1. The molecular formula is C18H27NO3. The fourth-order valence-electron chi connectivity index (χ4n) is 2.59. The summed E-state index contributed by atoms with van der Waals surface area (Å²) in [6.07, 6.45) is 1.78. The predicted molar refractivity (Wildman–Crippen MR) is 86.8 cm³/mol. The number of nitrogens with zero attached hydrogens (tertiary/aromatic N) is 1. The zero-order chi connectivity index (χ0) is 16.2. The molecule has 0 aliphatic carbocycles. The molecule has 1 heterocycles. The average Bonchev–Trinajstić information content (AvgIpc) is 2.47. The van der Waals surface area contributed by atoms with E-state index in [1.54, 1.807) is 4.90 Å². The van der Waals surface area contributed by atoms with Gasteiger partial charge in [-0.1, -0.05) is 30.3 Å². The summed E-state index contributed by atoms with van der Waals surface area (Å²) in [4.78, 5) is 13.8. The van der Waals surface area contributed by atoms with Gasteiger partial charge in [-0.2, -0.15) is 0 Å². The molecule has 1 amide bonds. The molecule has 4 nitrogen and oxygen atoms in total. The Kier molecular flexibility index (Phi) is 5.46. The molecule has 1 aliphatic rings. The first-order valence-corrected chi connectivity index (χ1v) is 8.03. The fraction of sp³-hybridized carbons (Fsp3) is 0.611. The number of benzene rings is 1. The lowest BCUT2D eigenvalue weighted by Crippen LogP contribution is -2.43. The molecule has 2 rings (SSSR count). The lowest BCUT2D eigenvalue weighted by atomic mass is 10.1. The van der Waals surface area contributed by atoms with E-state index in [0.29, 0.717) is 13.1 Å². The first-order chi connectivity index (χ1) is 10.3. The molecule has 0 radical (unpaired) electrons. The number of rotatable bonds is 3. The van der Waals surface area contributed by atoms with Gasteiger partial charge < -0.3 is 14.4 Å². The Balaban J connectivity index is 1.79. The van der Waals surface area contributed by atoms with Gasteiger partial charge in [0.2, 0.25) is 0 Å². The third-order valence-corrected chi connectivity index (χ3v) is 3.76. The largest absolute Gasteiger partial charge is 0.444 e. The van der Waals surface area contributed by atoms with Crippen LogP contribution in [0.5, 0.6) is 0 Å². The van der Waals surface area contributed by atoms with Crippen molar-refractivity contribution in [2.75, 3.05) is 13.1 Å². The van der Waals surface area contributed by atoms with Gasteiger partial charge in [-0.25, -0.2) is 4.79 Å². The van der Waals surface area contributed by atoms with Crippen LogP contribution in [0.1, 0.15) is 52.2 Å². The van der Waals surface area contributed by atoms with Crippen molar-refractivity contribution in [3.05, 3.63) is 35.9 Å². The molecule has 122 valence electrons. The number of hydrogen-bond acceptors (Lipinski definition) is 3. The van der Waals surface area contributed by atoms with Gasteiger partial charge in [0.25, 0.3) is 0 Å². The average molecular weight is 305 g/mol. The Morgan fingerprint density at radius 3 is 2.32 bits per heavy atom. The van der Waals surface area contributed by atoms with Crippen molar-refractivity contribution in [1.82, 2.24) is 4.90 Å². The molecule has 4 heteroatoms. The maximum absolute atomic E-state index is 12.0. The van der Waals surface area contributed by atoms with Crippen LogP contribution in [-0.2, 0) is 9.47 Å². The molecular weight excluding hydrogens is 278 g/mol. The van der Waals surface area contributed by atoms with Crippen LogP contribution in [0.25, 0.3) is 0 Å². The smallest absolute Gasteiger partial charge is 0.410 e. The van der Waals surface area contributed by atoms with Gasteiger partial charge in [0.15, 0.2) is 0 Å². The van der Waals surface area contributed by atoms with E-state index in [0.717, 1.165) is 12.8 Å². The van der Waals surface area contributed by atoms with Crippen LogP contribution in [0.2, 0.25) is 0 Å². The molecule has 1 aromatic carbocycles. The van der Waals surface area contributed by atoms with Gasteiger partial charge in [0, 0.05) is 13.1 Å². The second-order valence-electron chi connectivity index (χ2n) is 6.86. The first kappa shape index (κ1) is 16.8. The Bertz CT molecular complexity index is 473. The van der Waals surface area contributed by atoms with Crippen molar-refractivity contribution in [2.24, 2.45) is 0 Å². The monoisotopic (exact) mass is 305 g/mol. The van der Waals surface area contributed by atoms with E-state index < -0.39 is 5.60 Å². The molecule has 22 heavy (non-hydrogen) atoms. The second kappa shape index (κ2) is 7.14. The summed E-state index contributed by atoms with van der Waals surface area (Å²) in [5.41, 5.74) is 0.753. The van der Waals surface area contributed by atoms with E-state index in [1.807, 2.05) is 39.0 Å². The molecule has 1 fully saturated rings. The summed E-state index contributed by atoms with van der Waals surface area (Å²) in [6, 6.07) is 10.2. The van der Waals surface area contributed by atoms with Gasteiger partial charge in [-0.3, -0.25) is 0 Å². The van der Waals surface area contributed by atoms with Crippen LogP contribution in [0.4, 0.5) is 4.79 Å². The number of likely N-dealkylation sites (tertiary alicyclic amines) is 1. The minimum Gasteiger partial charge on any atom is -0.444 e. The molecule has 1 aliphatic heterocycles. The summed E-state index contributed by atoms with van der Waals surface area (Å²) in [5.74, 6) is 0. The predicted octanol–water partition coefficient (Wildman–Crippen LogP) is 4.16. The fourth-order valence-corrected chi connectivity index (χ4v) is 2.59. The number of carbonyl (C=O) groups excluding carboxylic acids is 1. The molecule has 0 saturated carbocycles. The van der Waals surface area contributed by atoms with Crippen molar-refractivity contribution in [2.45, 2.75) is 58.3 Å². The SMILES string of the molecule is CC(OC1CCN(C(=O)OC(C)(C)C)CC1)c1ccccc1. The number of ether oxygens (including phenoxy) is 2. The third kappa shape index (κ3) is 5.02. The number of piperidine rings is 1. The lowest BCUT2D eigenvalue weighted by molar-refractivity contribution is -0.0410. The Morgan fingerprint density at radius 1 is 1.18 bits per heavy atom. The maximum Gasteiger partial charge on any atom is 0.410 e. The standard InChI is InChI=1S/C18H27NO3/c1-14(15-8-6-5-7-9-15)21-16-10-12-19(13-11-16)17(20)22-18(2,3)4/h5-9,14,16H,10-13H2,1-4H3. The van der Waals surface area contributed by atoms with E-state index in [-0.39, 0.29) is 18.3 Å². The highest BCUT2D eigenvalue weighted by atomic mass is 16.6. The zero-order valence-corrected chi connectivity index (χ0v) is 14.0. The third-order valence-electron chi connectivity index (χ3n) is 3.76. The van der Waals surface area contributed by atoms with Crippen LogP contribution in [0.15, 0.2) is 30.3 Å². The highest BCUT2D eigenvalue weighted by Gasteiger charge is 2.28. The van der Waals surface area contributed by atoms with Crippen molar-refractivity contribution in [3.63, 3.8) is 0 Å². The minimum atomic E-state index is -0.438. The second-order valence-corrected chi connectivity index (χ2v) is 6.86. The molecule has 1 saturated heterocycles. The number of amides is 1. The Labute approximate surface area is 133 Å². The topological polar surface area (TPSA) is 38.8 Å². The van der Waals surface area contributed by atoms with E-state index in [9.17, 15) is 4.79 Å². The van der Waals surface area contributed by atoms with Gasteiger partial charge in [-0.05, 0) is 46.1 Å². The van der Waals surface area contributed by atoms with Gasteiger partial charge >= 0.3 is 6.09 Å². The van der Waals surface area contributed by atoms with Crippen molar-refractivity contribution >= 4 is 6.09 Å². The molecule has 1 aromatic rings. The van der Waals surface area contributed by atoms with Crippen molar-refractivity contribution in [1.29, 1.82) is 0 Å². The number of hydrogen-bond donors (Lipinski definition) is 0. The molecule has 0 bridgehead atoms. The highest BCUT2D eigenvalue weighted by molar-refractivity contribution is 5.68. The van der Waals surface area contributed by atoms with Gasteiger partial charge in [0.05, 0.1) is 12.2 Å². The summed E-state index contributed by atoms with van der Waals surface area (Å²) >= 11 is 0. The lowest BCUT2D eigenvalue weighted by Gasteiger charge is -2.34. The molecule has 1 unspecified atom stereocenters. The van der Waals surface area contributed by atoms with Gasteiger partial charge in [-0.15, -0.1) is 0 Å². The summed E-state index contributed by atoms with van der Waals surface area (Å²) in [6.45, 7) is 9.14. The highest BCUT2D eigenvalue weighted by Crippen LogP contribution is 2.24. The zero-order valence-electron chi connectivity index (χ0n) is 14.0. The minimum absolute atomic E-state index is 0.0827. The molecule has 0 N–H and O–H groups in total. The maximum atomic E-state index is 12.0. The first-order valence-electron chi connectivity index (χ1n) is 8.03. The molecule has 0 aromatic heterocycles. The van der Waals surface area contributed by atoms with Crippen LogP contribution in [0.3, 0.4) is 0 Å². The van der Waals surface area contributed by atoms with E-state index in [2.05, 4.69) is 19.1 Å². The van der Waals surface area contributed by atoms with E-state index in [1.165, 1.54) is 5.56 Å². The van der Waals surface area contributed by atoms with Crippen LogP contribution in [-0.4, -0.2) is 35.8 Å². The van der Waals surface area contributed by atoms with Gasteiger partial charge in [0.1, 0.15) is 5.60 Å². The molecule has 1 atom stereocenters. The van der Waals surface area contributed by atoms with E-state index >= 15 is 0 Å². The van der Waals surface area contributed by atoms with E-state index in [4.69, 9.17) is 9.47 Å². The normalized spacial score (nSPS) is 18.1. The molecule has 0 spiro atoms. The Morgan fingerprint density at radius 2 is 1.77 bits per heavy atom. The Hall–Kier alpha value is -1.55. The van der Waals surface area contributed by atoms with Crippen LogP contribution in [0, 0.1) is 0 Å². The van der Waals surface area contributed by atoms with Crippen LogP contribution < -0.4 is 0 Å². The summed E-state index contributed by atoms with van der Waals surface area (Å²) in [7, 11) is 0.